The zero-order chi connectivity index (χ0) is 31.5. The fourth-order valence-corrected chi connectivity index (χ4v) is 5.14. The molecule has 12 heteroatoms. The van der Waals surface area contributed by atoms with E-state index in [1.165, 1.54) is 0 Å². The maximum absolute atomic E-state index is 11.2. The van der Waals surface area contributed by atoms with Crippen molar-refractivity contribution in [3.63, 3.8) is 0 Å². The lowest BCUT2D eigenvalue weighted by Crippen LogP contribution is -2.47. The molecule has 2 heterocycles. The second-order valence-corrected chi connectivity index (χ2v) is 10.7. The van der Waals surface area contributed by atoms with Gasteiger partial charge in [0.2, 0.25) is 0 Å². The van der Waals surface area contributed by atoms with Crippen LogP contribution in [0.3, 0.4) is 0 Å². The quantitative estimate of drug-likeness (QED) is 0.167. The lowest BCUT2D eigenvalue weighted by atomic mass is 10.1. The number of carboxylic acids is 1. The normalized spacial score (nSPS) is 13.4. The Hall–Kier alpha value is -4.42. The molecule has 1 atom stereocenters. The smallest absolute Gasteiger partial charge is 0.320 e. The topological polar surface area (TPSA) is 128 Å². The first-order chi connectivity index (χ1) is 21.3. The van der Waals surface area contributed by atoms with Gasteiger partial charge in [-0.3, -0.25) is 9.69 Å². The first-order valence-corrected chi connectivity index (χ1v) is 14.6. The van der Waals surface area contributed by atoms with Crippen LogP contribution in [0.25, 0.3) is 0 Å². The van der Waals surface area contributed by atoms with Gasteiger partial charge in [-0.05, 0) is 37.1 Å². The number of aromatic nitrogens is 2. The summed E-state index contributed by atoms with van der Waals surface area (Å²) in [6.45, 7) is 3.85. The minimum Gasteiger partial charge on any atom is -0.497 e. The molecule has 3 N–H and O–H groups in total. The zero-order valence-corrected chi connectivity index (χ0v) is 26.0. The van der Waals surface area contributed by atoms with Crippen molar-refractivity contribution in [2.75, 3.05) is 48.1 Å². The number of aliphatic carboxylic acids is 1. The van der Waals surface area contributed by atoms with Gasteiger partial charge in [0, 0.05) is 35.9 Å². The minimum atomic E-state index is -0.968. The van der Waals surface area contributed by atoms with E-state index in [2.05, 4.69) is 25.1 Å². The molecule has 1 aromatic heterocycles. The lowest BCUT2D eigenvalue weighted by Gasteiger charge is -2.21. The van der Waals surface area contributed by atoms with E-state index in [0.717, 1.165) is 52.9 Å². The van der Waals surface area contributed by atoms with Gasteiger partial charge in [-0.1, -0.05) is 11.4 Å². The van der Waals surface area contributed by atoms with E-state index in [4.69, 9.17) is 29.7 Å². The molecule has 1 aliphatic heterocycles. The van der Waals surface area contributed by atoms with Gasteiger partial charge in [-0.2, -0.15) is 0 Å². The Labute approximate surface area is 258 Å². The molecule has 3 aromatic rings. The number of carboxylic acid groups (broad SMARTS) is 1. The second-order valence-electron chi connectivity index (χ2n) is 10.7. The van der Waals surface area contributed by atoms with Crippen molar-refractivity contribution in [3.05, 3.63) is 66.0 Å². The lowest BCUT2D eigenvalue weighted by molar-refractivity contribution is -0.770. The van der Waals surface area contributed by atoms with Crippen molar-refractivity contribution in [2.45, 2.75) is 45.1 Å². The molecule has 0 spiro atoms. The summed E-state index contributed by atoms with van der Waals surface area (Å²) in [7, 11) is 6.58. The molecule has 1 unspecified atom stereocenters. The SMILES string of the molecule is COc1cc(C[N+]2=CCN=C2CN(CCCCC(N)C(=O)O)Cn2ccc[n+]2Cc2cc(OC)cc(OC)c2)cc(OC)c1. The average molecular weight is 609 g/mol. The standard InChI is InChI=1S/C32H43N6O6/c1-41-26-14-24(15-27(18-26)42-2)20-36-13-9-34-31(36)22-35(10-6-5-8-30(33)32(39)40)23-38-12-7-11-37(38)21-25-16-28(43-3)19-29(17-25)44-4/h7,11-19,30H,5-6,8-10,20-23,33H2,1-4H3/q+1/p+1. The molecule has 12 nitrogen and oxygen atoms in total. The van der Waals surface area contributed by atoms with Crippen molar-refractivity contribution in [2.24, 2.45) is 10.7 Å². The van der Waals surface area contributed by atoms with Crippen LogP contribution in [0.4, 0.5) is 0 Å². The highest BCUT2D eigenvalue weighted by atomic mass is 16.5. The van der Waals surface area contributed by atoms with Gasteiger partial charge >= 0.3 is 11.8 Å². The van der Waals surface area contributed by atoms with Crippen molar-refractivity contribution >= 4 is 18.0 Å². The van der Waals surface area contributed by atoms with Gasteiger partial charge in [0.1, 0.15) is 55.0 Å². The van der Waals surface area contributed by atoms with Crippen LogP contribution in [-0.4, -0.2) is 91.4 Å². The van der Waals surface area contributed by atoms with Gasteiger partial charge in [-0.15, -0.1) is 9.36 Å². The number of amidine groups is 1. The monoisotopic (exact) mass is 608 g/mol. The molecule has 0 radical (unpaired) electrons. The molecular formula is C32H44N6O6+2. The third-order valence-corrected chi connectivity index (χ3v) is 7.54. The Morgan fingerprint density at radius 1 is 0.955 bits per heavy atom. The van der Waals surface area contributed by atoms with E-state index < -0.39 is 12.0 Å². The third kappa shape index (κ3) is 9.04. The number of nitrogens with zero attached hydrogens (tertiary/aromatic N) is 5. The van der Waals surface area contributed by atoms with Crippen molar-refractivity contribution in [1.29, 1.82) is 0 Å². The van der Waals surface area contributed by atoms with Crippen LogP contribution in [0.1, 0.15) is 30.4 Å². The third-order valence-electron chi connectivity index (χ3n) is 7.54. The molecule has 236 valence electrons. The first-order valence-electron chi connectivity index (χ1n) is 14.6. The molecule has 2 aromatic carbocycles. The molecule has 0 aliphatic carbocycles. The highest BCUT2D eigenvalue weighted by Gasteiger charge is 2.25. The number of rotatable bonds is 18. The van der Waals surface area contributed by atoms with Crippen molar-refractivity contribution < 1.29 is 38.1 Å². The maximum atomic E-state index is 11.2. The highest BCUT2D eigenvalue weighted by molar-refractivity contribution is 5.84. The van der Waals surface area contributed by atoms with E-state index in [9.17, 15) is 9.90 Å². The highest BCUT2D eigenvalue weighted by Crippen LogP contribution is 2.24. The molecule has 0 fully saturated rings. The number of carbonyl (C=O) groups is 1. The Balaban J connectivity index is 1.50. The van der Waals surface area contributed by atoms with Crippen LogP contribution in [-0.2, 0) is 24.6 Å². The molecule has 44 heavy (non-hydrogen) atoms. The minimum absolute atomic E-state index is 0.433. The summed E-state index contributed by atoms with van der Waals surface area (Å²) in [5.74, 6) is 2.95. The van der Waals surface area contributed by atoms with E-state index in [-0.39, 0.29) is 0 Å². The van der Waals surface area contributed by atoms with Crippen LogP contribution in [0.15, 0.2) is 59.9 Å². The summed E-state index contributed by atoms with van der Waals surface area (Å²) in [4.78, 5) is 18.3. The van der Waals surface area contributed by atoms with Gasteiger partial charge < -0.3 is 29.8 Å². The second kappa shape index (κ2) is 15.9. The maximum Gasteiger partial charge on any atom is 0.320 e. The summed E-state index contributed by atoms with van der Waals surface area (Å²) in [6, 6.07) is 12.9. The predicted octanol–water partition coefficient (Wildman–Crippen LogP) is 2.40. The van der Waals surface area contributed by atoms with Crippen LogP contribution < -0.4 is 29.4 Å². The summed E-state index contributed by atoms with van der Waals surface area (Å²) in [6.07, 6.45) is 8.14. The Kier molecular flexibility index (Phi) is 11.7. The average Bonchev–Trinajstić information content (AvgIpc) is 3.66. The van der Waals surface area contributed by atoms with Gasteiger partial charge in [0.05, 0.1) is 34.6 Å². The van der Waals surface area contributed by atoms with Gasteiger partial charge in [0.25, 0.3) is 0 Å². The van der Waals surface area contributed by atoms with Gasteiger partial charge in [-0.25, -0.2) is 4.58 Å². The molecule has 4 rings (SSSR count). The molecule has 0 saturated carbocycles. The number of nitrogens with two attached hydrogens (primary N) is 1. The fraction of sp³-hybridized carbons (Fsp3) is 0.438. The van der Waals surface area contributed by atoms with Crippen LogP contribution >= 0.6 is 0 Å². The Morgan fingerprint density at radius 3 is 2.11 bits per heavy atom. The molecule has 1 aliphatic rings. The van der Waals surface area contributed by atoms with E-state index in [1.807, 2.05) is 54.9 Å². The van der Waals surface area contributed by atoms with Crippen LogP contribution in [0.5, 0.6) is 23.0 Å². The summed E-state index contributed by atoms with van der Waals surface area (Å²) >= 11 is 0. The number of ether oxygens (including phenoxy) is 4. The van der Waals surface area contributed by atoms with Crippen molar-refractivity contribution in [3.8, 4) is 23.0 Å². The van der Waals surface area contributed by atoms with E-state index in [1.54, 1.807) is 28.4 Å². The van der Waals surface area contributed by atoms with Crippen molar-refractivity contribution in [1.82, 2.24) is 9.58 Å². The summed E-state index contributed by atoms with van der Waals surface area (Å²) in [5, 5.41) is 9.19. The Morgan fingerprint density at radius 2 is 1.55 bits per heavy atom. The van der Waals surface area contributed by atoms with E-state index >= 15 is 0 Å². The number of methoxy groups -OCH3 is 4. The number of benzene rings is 2. The molecule has 0 amide bonds. The van der Waals surface area contributed by atoms with E-state index in [0.29, 0.717) is 45.7 Å². The first kappa shape index (κ1) is 32.5. The number of unbranched alkanes of at least 4 members (excludes halogenated alkanes) is 1. The van der Waals surface area contributed by atoms with Gasteiger partial charge in [0.15, 0.2) is 19.3 Å². The van der Waals surface area contributed by atoms with Crippen LogP contribution in [0.2, 0.25) is 0 Å². The predicted molar refractivity (Wildman–Crippen MR) is 166 cm³/mol. The number of hydrogen-bond acceptors (Lipinski definition) is 8. The molecule has 0 saturated heterocycles. The van der Waals surface area contributed by atoms with Crippen LogP contribution in [0, 0.1) is 0 Å². The zero-order valence-electron chi connectivity index (χ0n) is 26.0. The fourth-order valence-electron chi connectivity index (χ4n) is 5.14. The number of hydrogen-bond donors (Lipinski definition) is 2. The molecular weight excluding hydrogens is 564 g/mol. The Bertz CT molecular complexity index is 1420. The summed E-state index contributed by atoms with van der Waals surface area (Å²) < 4.78 is 28.3. The largest absolute Gasteiger partial charge is 0.497 e. The summed E-state index contributed by atoms with van der Waals surface area (Å²) in [5.41, 5.74) is 7.86. The molecule has 0 bridgehead atoms. The number of aliphatic imine (C=N–C) groups is 1.